The predicted molar refractivity (Wildman–Crippen MR) is 135 cm³/mol. The molecule has 182 valence electrons. The lowest BCUT2D eigenvalue weighted by atomic mass is 9.79. The van der Waals surface area contributed by atoms with E-state index in [0.29, 0.717) is 24.3 Å². The Hall–Kier alpha value is -2.04. The van der Waals surface area contributed by atoms with Gasteiger partial charge in [-0.05, 0) is 63.5 Å². The van der Waals surface area contributed by atoms with E-state index in [0.717, 1.165) is 35.8 Å². The van der Waals surface area contributed by atoms with Crippen molar-refractivity contribution in [1.82, 2.24) is 14.5 Å². The van der Waals surface area contributed by atoms with Crippen LogP contribution in [0.2, 0.25) is 0 Å². The van der Waals surface area contributed by atoms with Crippen molar-refractivity contribution in [2.45, 2.75) is 109 Å². The molecule has 0 aliphatic heterocycles. The van der Waals surface area contributed by atoms with E-state index in [2.05, 4.69) is 29.4 Å². The fraction of sp³-hybridized carbons (Fsp3) is 0.714. The van der Waals surface area contributed by atoms with Crippen molar-refractivity contribution < 1.29 is 9.53 Å². The molecule has 2 aliphatic carbocycles. The largest absolute Gasteiger partial charge is 0.497 e. The molecule has 1 heterocycles. The minimum atomic E-state index is 0.303. The second kappa shape index (κ2) is 11.4. The zero-order chi connectivity index (χ0) is 23.2. The normalized spacial score (nSPS) is 21.9. The minimum absolute atomic E-state index is 0.303. The fourth-order valence-electron chi connectivity index (χ4n) is 6.30. The Morgan fingerprint density at radius 2 is 1.85 bits per heavy atom. The van der Waals surface area contributed by atoms with Gasteiger partial charge in [-0.25, -0.2) is 4.98 Å². The topological polar surface area (TPSA) is 47.4 Å². The van der Waals surface area contributed by atoms with E-state index in [4.69, 9.17) is 9.72 Å². The predicted octanol–water partition coefficient (Wildman–Crippen LogP) is 6.69. The zero-order valence-electron chi connectivity index (χ0n) is 21.0. The summed E-state index contributed by atoms with van der Waals surface area (Å²) in [7, 11) is 1.71. The van der Waals surface area contributed by atoms with Crippen molar-refractivity contribution >= 4 is 16.9 Å². The van der Waals surface area contributed by atoms with Crippen molar-refractivity contribution in [3.05, 3.63) is 24.0 Å². The first-order valence-corrected chi connectivity index (χ1v) is 13.5. The fourth-order valence-corrected chi connectivity index (χ4v) is 6.30. The van der Waals surface area contributed by atoms with Crippen molar-refractivity contribution in [3.8, 4) is 5.75 Å². The third kappa shape index (κ3) is 5.55. The van der Waals surface area contributed by atoms with Crippen LogP contribution < -0.4 is 4.74 Å². The van der Waals surface area contributed by atoms with Gasteiger partial charge in [-0.1, -0.05) is 39.0 Å². The van der Waals surface area contributed by atoms with Crippen molar-refractivity contribution in [3.63, 3.8) is 0 Å². The van der Waals surface area contributed by atoms with E-state index in [-0.39, 0.29) is 0 Å². The Balaban J connectivity index is 1.53. The van der Waals surface area contributed by atoms with Gasteiger partial charge in [0.15, 0.2) is 0 Å². The Morgan fingerprint density at radius 3 is 2.52 bits per heavy atom. The molecule has 0 unspecified atom stereocenters. The van der Waals surface area contributed by atoms with Crippen molar-refractivity contribution in [2.75, 3.05) is 13.7 Å². The number of hydrogen-bond donors (Lipinski definition) is 0. The number of fused-ring (bicyclic) bond motifs is 1. The molecular weight excluding hydrogens is 410 g/mol. The Labute approximate surface area is 199 Å². The van der Waals surface area contributed by atoms with Crippen LogP contribution in [0.3, 0.4) is 0 Å². The van der Waals surface area contributed by atoms with Gasteiger partial charge in [0.05, 0.1) is 18.1 Å². The van der Waals surface area contributed by atoms with Crippen LogP contribution in [0.1, 0.15) is 103 Å². The monoisotopic (exact) mass is 453 g/mol. The molecule has 1 aromatic carbocycles. The van der Waals surface area contributed by atoms with E-state index < -0.39 is 0 Å². The maximum Gasteiger partial charge on any atom is 0.224 e. The summed E-state index contributed by atoms with van der Waals surface area (Å²) in [5.74, 6) is 3.70. The molecule has 1 aromatic heterocycles. The average Bonchev–Trinajstić information content (AvgIpc) is 3.22. The summed E-state index contributed by atoms with van der Waals surface area (Å²) < 4.78 is 7.81. The molecule has 2 saturated carbocycles. The Bertz CT molecular complexity index is 907. The summed E-state index contributed by atoms with van der Waals surface area (Å²) in [5.41, 5.74) is 2.13. The quantitative estimate of drug-likeness (QED) is 0.425. The van der Waals surface area contributed by atoms with Gasteiger partial charge in [-0.3, -0.25) is 4.79 Å². The number of aryl methyl sites for hydroxylation is 1. The molecule has 2 fully saturated rings. The first-order chi connectivity index (χ1) is 16.1. The van der Waals surface area contributed by atoms with Gasteiger partial charge in [-0.2, -0.15) is 0 Å². The van der Waals surface area contributed by atoms with Crippen molar-refractivity contribution in [1.29, 1.82) is 0 Å². The van der Waals surface area contributed by atoms with Crippen LogP contribution in [0.5, 0.6) is 5.75 Å². The highest BCUT2D eigenvalue weighted by Crippen LogP contribution is 2.38. The summed E-state index contributed by atoms with van der Waals surface area (Å²) >= 11 is 0. The van der Waals surface area contributed by atoms with Crippen LogP contribution >= 0.6 is 0 Å². The van der Waals surface area contributed by atoms with Gasteiger partial charge in [0, 0.05) is 37.5 Å². The lowest BCUT2D eigenvalue weighted by Gasteiger charge is -2.34. The van der Waals surface area contributed by atoms with E-state index in [1.54, 1.807) is 7.11 Å². The number of methoxy groups -OCH3 is 1. The number of carbonyl (C=O) groups excluding carboxylic acids is 1. The molecule has 2 aliphatic rings. The standard InChI is InChI=1S/C28H43N3O2/c1-4-9-21-12-14-22(15-13-21)28-29-25-20-24(33-3)16-17-26(25)31(28)19-18-27(32)30(5-2)23-10-7-6-8-11-23/h16-17,20-23H,4-15,18-19H2,1-3H3/t21-,22-. The number of amides is 1. The van der Waals surface area contributed by atoms with E-state index in [1.165, 1.54) is 76.5 Å². The third-order valence-electron chi connectivity index (χ3n) is 8.12. The van der Waals surface area contributed by atoms with Gasteiger partial charge in [0.25, 0.3) is 0 Å². The van der Waals surface area contributed by atoms with Gasteiger partial charge in [0.1, 0.15) is 11.6 Å². The number of benzene rings is 1. The second-order valence-corrected chi connectivity index (χ2v) is 10.2. The summed E-state index contributed by atoms with van der Waals surface area (Å²) in [5, 5.41) is 0. The molecule has 0 radical (unpaired) electrons. The molecule has 0 N–H and O–H groups in total. The van der Waals surface area contributed by atoms with Crippen LogP contribution in [0.15, 0.2) is 18.2 Å². The number of carbonyl (C=O) groups is 1. The summed E-state index contributed by atoms with van der Waals surface area (Å²) in [6.45, 7) is 5.96. The number of aromatic nitrogens is 2. The van der Waals surface area contributed by atoms with Crippen LogP contribution in [0, 0.1) is 5.92 Å². The molecule has 33 heavy (non-hydrogen) atoms. The third-order valence-corrected chi connectivity index (χ3v) is 8.12. The first-order valence-electron chi connectivity index (χ1n) is 13.5. The zero-order valence-corrected chi connectivity index (χ0v) is 21.0. The molecule has 5 heteroatoms. The van der Waals surface area contributed by atoms with Crippen LogP contribution in [-0.4, -0.2) is 40.1 Å². The lowest BCUT2D eigenvalue weighted by Crippen LogP contribution is -2.41. The first kappa shape index (κ1) is 24.1. The number of nitrogens with zero attached hydrogens (tertiary/aromatic N) is 3. The Kier molecular flexibility index (Phi) is 8.32. The highest BCUT2D eigenvalue weighted by molar-refractivity contribution is 5.79. The number of ether oxygens (including phenoxy) is 1. The minimum Gasteiger partial charge on any atom is -0.497 e. The maximum atomic E-state index is 13.3. The van der Waals surface area contributed by atoms with Gasteiger partial charge >= 0.3 is 0 Å². The van der Waals surface area contributed by atoms with E-state index >= 15 is 0 Å². The van der Waals surface area contributed by atoms with E-state index in [9.17, 15) is 4.79 Å². The van der Waals surface area contributed by atoms with Crippen LogP contribution in [0.25, 0.3) is 11.0 Å². The molecular formula is C28H43N3O2. The number of rotatable bonds is 9. The van der Waals surface area contributed by atoms with Gasteiger partial charge < -0.3 is 14.2 Å². The summed E-state index contributed by atoms with van der Waals surface area (Å²) in [4.78, 5) is 20.5. The highest BCUT2D eigenvalue weighted by Gasteiger charge is 2.28. The molecule has 0 saturated heterocycles. The highest BCUT2D eigenvalue weighted by atomic mass is 16.5. The summed E-state index contributed by atoms with van der Waals surface area (Å²) in [6.07, 6.45) is 14.4. The van der Waals surface area contributed by atoms with Crippen molar-refractivity contribution in [2.24, 2.45) is 5.92 Å². The SMILES string of the molecule is CCC[C@H]1CC[C@H](c2nc3cc(OC)ccc3n2CCC(=O)N(CC)C2CCCCC2)CC1. The maximum absolute atomic E-state index is 13.3. The average molecular weight is 454 g/mol. The lowest BCUT2D eigenvalue weighted by molar-refractivity contribution is -0.134. The van der Waals surface area contributed by atoms with E-state index in [1.807, 2.05) is 12.1 Å². The van der Waals surface area contributed by atoms with Gasteiger partial charge in [0.2, 0.25) is 5.91 Å². The smallest absolute Gasteiger partial charge is 0.224 e. The number of hydrogen-bond acceptors (Lipinski definition) is 3. The number of imidazole rings is 1. The molecule has 4 rings (SSSR count). The van der Waals surface area contributed by atoms with Gasteiger partial charge in [-0.15, -0.1) is 0 Å². The second-order valence-electron chi connectivity index (χ2n) is 10.2. The molecule has 5 nitrogen and oxygen atoms in total. The molecule has 0 spiro atoms. The Morgan fingerprint density at radius 1 is 1.09 bits per heavy atom. The molecule has 1 amide bonds. The molecule has 2 aromatic rings. The van der Waals surface area contributed by atoms with Crippen LogP contribution in [0.4, 0.5) is 0 Å². The molecule has 0 bridgehead atoms. The molecule has 0 atom stereocenters. The summed E-state index contributed by atoms with van der Waals surface area (Å²) in [6, 6.07) is 6.62. The van der Waals surface area contributed by atoms with Crippen LogP contribution in [-0.2, 0) is 11.3 Å².